The number of hydrogen-bond acceptors (Lipinski definition) is 3. The third kappa shape index (κ3) is 2.58. The Bertz CT molecular complexity index is 968. The van der Waals surface area contributed by atoms with Crippen molar-refractivity contribution in [2.24, 2.45) is 23.7 Å². The van der Waals surface area contributed by atoms with E-state index >= 15 is 0 Å². The third-order valence-corrected chi connectivity index (χ3v) is 6.13. The highest BCUT2D eigenvalue weighted by Gasteiger charge is 2.59. The molecule has 0 aromatic heterocycles. The smallest absolute Gasteiger partial charge is 0.251 e. The Morgan fingerprint density at radius 1 is 0.929 bits per heavy atom. The van der Waals surface area contributed by atoms with Crippen molar-refractivity contribution in [3.05, 3.63) is 77.9 Å². The van der Waals surface area contributed by atoms with Gasteiger partial charge in [-0.3, -0.25) is 14.4 Å². The number of rotatable bonds is 4. The number of benzene rings is 2. The van der Waals surface area contributed by atoms with E-state index in [0.717, 1.165) is 12.0 Å². The van der Waals surface area contributed by atoms with Crippen LogP contribution in [0.25, 0.3) is 0 Å². The van der Waals surface area contributed by atoms with Gasteiger partial charge in [-0.25, -0.2) is 4.90 Å². The standard InChI is InChI=1S/C23H20N2O3/c26-21(24-13-14-5-2-1-3-6-14)17-7-4-8-18(12-17)25-22(27)19-15-9-10-16(11-15)20(19)23(25)28/h1-10,12,15-16,19-20H,11,13H2,(H,24,26). The Balaban J connectivity index is 1.35. The van der Waals surface area contributed by atoms with Crippen LogP contribution >= 0.6 is 0 Å². The molecular weight excluding hydrogens is 352 g/mol. The monoisotopic (exact) mass is 372 g/mol. The molecular formula is C23H20N2O3. The minimum Gasteiger partial charge on any atom is -0.348 e. The Kier molecular flexibility index (Phi) is 3.90. The summed E-state index contributed by atoms with van der Waals surface area (Å²) in [4.78, 5) is 39.7. The van der Waals surface area contributed by atoms with Crippen LogP contribution in [0.1, 0.15) is 22.3 Å². The number of amides is 3. The quantitative estimate of drug-likeness (QED) is 0.663. The second-order valence-corrected chi connectivity index (χ2v) is 7.73. The van der Waals surface area contributed by atoms with E-state index in [-0.39, 0.29) is 41.4 Å². The lowest BCUT2D eigenvalue weighted by atomic mass is 9.85. The number of fused-ring (bicyclic) bond motifs is 5. The first kappa shape index (κ1) is 16.9. The summed E-state index contributed by atoms with van der Waals surface area (Å²) in [6, 6.07) is 16.4. The zero-order valence-electron chi connectivity index (χ0n) is 15.2. The summed E-state index contributed by atoms with van der Waals surface area (Å²) in [7, 11) is 0. The van der Waals surface area contributed by atoms with Crippen molar-refractivity contribution < 1.29 is 14.4 Å². The van der Waals surface area contributed by atoms with Gasteiger partial charge in [-0.2, -0.15) is 0 Å². The highest BCUT2D eigenvalue weighted by atomic mass is 16.2. The fourth-order valence-electron chi connectivity index (χ4n) is 4.82. The van der Waals surface area contributed by atoms with Crippen LogP contribution in [0.5, 0.6) is 0 Å². The first-order valence-corrected chi connectivity index (χ1v) is 9.62. The second-order valence-electron chi connectivity index (χ2n) is 7.73. The predicted molar refractivity (Wildman–Crippen MR) is 104 cm³/mol. The lowest BCUT2D eigenvalue weighted by molar-refractivity contribution is -0.123. The fourth-order valence-corrected chi connectivity index (χ4v) is 4.82. The topological polar surface area (TPSA) is 66.5 Å². The zero-order chi connectivity index (χ0) is 19.3. The summed E-state index contributed by atoms with van der Waals surface area (Å²) >= 11 is 0. The Morgan fingerprint density at radius 2 is 1.61 bits per heavy atom. The third-order valence-electron chi connectivity index (χ3n) is 6.13. The van der Waals surface area contributed by atoms with Crippen molar-refractivity contribution >= 4 is 23.4 Å². The molecule has 4 unspecified atom stereocenters. The highest BCUT2D eigenvalue weighted by molar-refractivity contribution is 6.23. The van der Waals surface area contributed by atoms with E-state index in [9.17, 15) is 14.4 Å². The van der Waals surface area contributed by atoms with Crippen LogP contribution in [-0.4, -0.2) is 17.7 Å². The van der Waals surface area contributed by atoms with Crippen molar-refractivity contribution in [2.75, 3.05) is 4.90 Å². The molecule has 3 amide bonds. The van der Waals surface area contributed by atoms with Gasteiger partial charge in [0.1, 0.15) is 0 Å². The van der Waals surface area contributed by atoms with Gasteiger partial charge in [-0.15, -0.1) is 0 Å². The van der Waals surface area contributed by atoms with Crippen LogP contribution in [0.2, 0.25) is 0 Å². The lowest BCUT2D eigenvalue weighted by Crippen LogP contribution is -2.33. The van der Waals surface area contributed by atoms with Crippen LogP contribution in [0, 0.1) is 23.7 Å². The van der Waals surface area contributed by atoms with Crippen LogP contribution in [0.15, 0.2) is 66.7 Å². The molecule has 140 valence electrons. The van der Waals surface area contributed by atoms with Crippen LogP contribution in [0.4, 0.5) is 5.69 Å². The molecule has 4 atom stereocenters. The summed E-state index contributed by atoms with van der Waals surface area (Å²) in [5, 5.41) is 2.88. The SMILES string of the molecule is O=C(NCc1ccccc1)c1cccc(N2C(=O)C3C4C=CC(C4)C3C2=O)c1. The molecule has 1 saturated heterocycles. The number of hydrogen-bond donors (Lipinski definition) is 1. The number of carbonyl (C=O) groups is 3. The summed E-state index contributed by atoms with van der Waals surface area (Å²) in [6.45, 7) is 0.421. The van der Waals surface area contributed by atoms with Gasteiger partial charge >= 0.3 is 0 Å². The van der Waals surface area contributed by atoms with Crippen molar-refractivity contribution in [3.8, 4) is 0 Å². The van der Waals surface area contributed by atoms with Crippen molar-refractivity contribution in [1.82, 2.24) is 5.32 Å². The summed E-state index contributed by atoms with van der Waals surface area (Å²) < 4.78 is 0. The van der Waals surface area contributed by atoms with Crippen LogP contribution in [-0.2, 0) is 16.1 Å². The maximum absolute atomic E-state index is 13.0. The Morgan fingerprint density at radius 3 is 2.29 bits per heavy atom. The van der Waals surface area contributed by atoms with E-state index in [1.54, 1.807) is 24.3 Å². The number of anilines is 1. The van der Waals surface area contributed by atoms with E-state index in [4.69, 9.17) is 0 Å². The molecule has 1 heterocycles. The molecule has 2 aliphatic carbocycles. The Hall–Kier alpha value is -3.21. The van der Waals surface area contributed by atoms with Gasteiger partial charge < -0.3 is 5.32 Å². The number of imide groups is 1. The average molecular weight is 372 g/mol. The number of nitrogens with one attached hydrogen (secondary N) is 1. The molecule has 1 saturated carbocycles. The molecule has 0 radical (unpaired) electrons. The molecule has 2 bridgehead atoms. The van der Waals surface area contributed by atoms with E-state index in [1.807, 2.05) is 30.3 Å². The minimum atomic E-state index is -0.238. The van der Waals surface area contributed by atoms with Crippen molar-refractivity contribution in [2.45, 2.75) is 13.0 Å². The molecule has 2 aromatic carbocycles. The number of nitrogens with zero attached hydrogens (tertiary/aromatic N) is 1. The van der Waals surface area contributed by atoms with Gasteiger partial charge in [-0.1, -0.05) is 48.6 Å². The first-order valence-electron chi connectivity index (χ1n) is 9.62. The molecule has 2 aromatic rings. The van der Waals surface area contributed by atoms with E-state index < -0.39 is 0 Å². The van der Waals surface area contributed by atoms with E-state index in [0.29, 0.717) is 17.8 Å². The summed E-state index contributed by atoms with van der Waals surface area (Å²) in [6.07, 6.45) is 5.06. The highest BCUT2D eigenvalue weighted by Crippen LogP contribution is 2.53. The van der Waals surface area contributed by atoms with Crippen molar-refractivity contribution in [3.63, 3.8) is 0 Å². The van der Waals surface area contributed by atoms with Gasteiger partial charge in [0.05, 0.1) is 17.5 Å². The maximum Gasteiger partial charge on any atom is 0.251 e. The lowest BCUT2D eigenvalue weighted by Gasteiger charge is -2.18. The normalized spacial score (nSPS) is 27.4. The van der Waals surface area contributed by atoms with Gasteiger partial charge in [0, 0.05) is 12.1 Å². The molecule has 0 spiro atoms. The fraction of sp³-hybridized carbons (Fsp3) is 0.261. The molecule has 2 fully saturated rings. The molecule has 3 aliphatic rings. The largest absolute Gasteiger partial charge is 0.348 e. The molecule has 5 rings (SSSR count). The summed E-state index contributed by atoms with van der Waals surface area (Å²) in [5.74, 6) is -0.618. The molecule has 28 heavy (non-hydrogen) atoms. The number of carbonyl (C=O) groups excluding carboxylic acids is 3. The second kappa shape index (κ2) is 6.44. The van der Waals surface area contributed by atoms with Crippen LogP contribution < -0.4 is 10.2 Å². The predicted octanol–water partition coefficient (Wildman–Crippen LogP) is 2.93. The zero-order valence-corrected chi connectivity index (χ0v) is 15.2. The van der Waals surface area contributed by atoms with Gasteiger partial charge in [0.25, 0.3) is 5.91 Å². The first-order chi connectivity index (χ1) is 13.6. The van der Waals surface area contributed by atoms with Crippen LogP contribution in [0.3, 0.4) is 0 Å². The van der Waals surface area contributed by atoms with Gasteiger partial charge in [-0.05, 0) is 42.0 Å². The molecule has 1 N–H and O–H groups in total. The molecule has 5 nitrogen and oxygen atoms in total. The maximum atomic E-state index is 13.0. The average Bonchev–Trinajstić information content (AvgIpc) is 3.41. The van der Waals surface area contributed by atoms with Crippen molar-refractivity contribution in [1.29, 1.82) is 0 Å². The molecule has 1 aliphatic heterocycles. The Labute approximate surface area is 163 Å². The van der Waals surface area contributed by atoms with Gasteiger partial charge in [0.15, 0.2) is 0 Å². The number of allylic oxidation sites excluding steroid dienone is 2. The van der Waals surface area contributed by atoms with E-state index in [2.05, 4.69) is 17.5 Å². The van der Waals surface area contributed by atoms with E-state index in [1.165, 1.54) is 4.90 Å². The summed E-state index contributed by atoms with van der Waals surface area (Å²) in [5.41, 5.74) is 1.93. The van der Waals surface area contributed by atoms with Gasteiger partial charge in [0.2, 0.25) is 11.8 Å². The molecule has 5 heteroatoms. The minimum absolute atomic E-state index is 0.131.